The second kappa shape index (κ2) is 52.2. The summed E-state index contributed by atoms with van der Waals surface area (Å²) in [5.41, 5.74) is 0. The molecule has 0 bridgehead atoms. The fourth-order valence-corrected chi connectivity index (χ4v) is 7.22. The summed E-state index contributed by atoms with van der Waals surface area (Å²) in [7, 11) is 0. The minimum atomic E-state index is -0.790. The van der Waals surface area contributed by atoms with Gasteiger partial charge in [0.2, 0.25) is 0 Å². The van der Waals surface area contributed by atoms with Gasteiger partial charge in [-0.15, -0.1) is 0 Å². The summed E-state index contributed by atoms with van der Waals surface area (Å²) < 4.78 is 16.8. The predicted molar refractivity (Wildman–Crippen MR) is 274 cm³/mol. The molecule has 0 N–H and O–H groups in total. The van der Waals surface area contributed by atoms with E-state index in [0.29, 0.717) is 19.3 Å². The van der Waals surface area contributed by atoms with Crippen molar-refractivity contribution in [3.8, 4) is 0 Å². The first-order valence-electron chi connectivity index (χ1n) is 26.6. The molecule has 0 saturated carbocycles. The van der Waals surface area contributed by atoms with Crippen LogP contribution in [0.3, 0.4) is 0 Å². The lowest BCUT2D eigenvalue weighted by Crippen LogP contribution is -2.30. The molecule has 6 heteroatoms. The Balaban J connectivity index is 4.42. The molecule has 0 aromatic carbocycles. The molecule has 0 heterocycles. The van der Waals surface area contributed by atoms with E-state index in [-0.39, 0.29) is 31.1 Å². The van der Waals surface area contributed by atoms with E-state index in [1.807, 2.05) is 0 Å². The van der Waals surface area contributed by atoms with E-state index in [4.69, 9.17) is 14.2 Å². The van der Waals surface area contributed by atoms with Gasteiger partial charge >= 0.3 is 17.9 Å². The van der Waals surface area contributed by atoms with E-state index >= 15 is 0 Å². The molecule has 0 aliphatic heterocycles. The first kappa shape index (κ1) is 60.6. The molecule has 0 spiro atoms. The van der Waals surface area contributed by atoms with Crippen molar-refractivity contribution in [1.82, 2.24) is 0 Å². The maximum absolute atomic E-state index is 12.8. The number of hydrogen-bond donors (Lipinski definition) is 0. The average molecular weight is 891 g/mol. The van der Waals surface area contributed by atoms with Gasteiger partial charge < -0.3 is 14.2 Å². The van der Waals surface area contributed by atoms with Gasteiger partial charge in [0.05, 0.1) is 0 Å². The normalized spacial score (nSPS) is 12.7. The zero-order valence-corrected chi connectivity index (χ0v) is 41.8. The van der Waals surface area contributed by atoms with Gasteiger partial charge in [0.15, 0.2) is 6.10 Å². The monoisotopic (exact) mass is 891 g/mol. The number of carbonyl (C=O) groups excluding carboxylic acids is 3. The van der Waals surface area contributed by atoms with Crippen LogP contribution in [0.4, 0.5) is 0 Å². The van der Waals surface area contributed by atoms with Crippen molar-refractivity contribution in [3.05, 3.63) is 85.1 Å². The molecule has 6 nitrogen and oxygen atoms in total. The third-order valence-corrected chi connectivity index (χ3v) is 11.2. The molecule has 0 radical (unpaired) electrons. The number of unbranched alkanes of at least 4 members (excludes halogenated alkanes) is 24. The van der Waals surface area contributed by atoms with Gasteiger partial charge in [-0.2, -0.15) is 0 Å². The van der Waals surface area contributed by atoms with Crippen LogP contribution < -0.4 is 0 Å². The van der Waals surface area contributed by atoms with Crippen LogP contribution in [0.15, 0.2) is 85.1 Å². The number of hydrogen-bond acceptors (Lipinski definition) is 6. The highest BCUT2D eigenvalue weighted by atomic mass is 16.6. The van der Waals surface area contributed by atoms with E-state index < -0.39 is 6.10 Å². The van der Waals surface area contributed by atoms with E-state index in [9.17, 15) is 14.4 Å². The maximum Gasteiger partial charge on any atom is 0.306 e. The minimum absolute atomic E-state index is 0.0887. The Labute approximate surface area is 395 Å². The smallest absolute Gasteiger partial charge is 0.306 e. The van der Waals surface area contributed by atoms with Crippen LogP contribution >= 0.6 is 0 Å². The van der Waals surface area contributed by atoms with Gasteiger partial charge in [-0.3, -0.25) is 14.4 Å². The average Bonchev–Trinajstić information content (AvgIpc) is 3.29. The zero-order valence-electron chi connectivity index (χ0n) is 41.8. The van der Waals surface area contributed by atoms with Crippen LogP contribution in [0.5, 0.6) is 0 Å². The van der Waals surface area contributed by atoms with Gasteiger partial charge in [-0.1, -0.05) is 215 Å². The highest BCUT2D eigenvalue weighted by Crippen LogP contribution is 2.14. The van der Waals surface area contributed by atoms with E-state index in [1.165, 1.54) is 103 Å². The van der Waals surface area contributed by atoms with Gasteiger partial charge in [0.25, 0.3) is 0 Å². The molecule has 0 aromatic rings. The molecule has 366 valence electrons. The standard InChI is InChI=1S/C58H98O6/c1-4-7-10-13-16-19-22-25-28-29-31-33-36-39-42-45-48-51-57(60)63-54-55(53-62-56(59)50-47-44-41-38-35-32-27-24-21-18-15-12-9-6-3)64-58(61)52-49-46-43-40-37-34-30-26-23-20-17-14-11-8-5-2/h8-9,11-12,14,16-21,23,25,28,55H,4-7,10,13,15,22,24,26-27,29-54H2,1-3H3/b11-8-,12-9-,17-14-,19-16-,21-18-,23-20-,28-25-. The molecule has 64 heavy (non-hydrogen) atoms. The summed E-state index contributed by atoms with van der Waals surface area (Å²) >= 11 is 0. The van der Waals surface area contributed by atoms with Crippen molar-refractivity contribution in [2.45, 2.75) is 252 Å². The molecule has 0 rings (SSSR count). The topological polar surface area (TPSA) is 78.9 Å². The summed E-state index contributed by atoms with van der Waals surface area (Å²) in [6.45, 7) is 6.36. The molecule has 0 amide bonds. The fourth-order valence-electron chi connectivity index (χ4n) is 7.22. The Morgan fingerprint density at radius 1 is 0.344 bits per heavy atom. The molecule has 0 fully saturated rings. The summed E-state index contributed by atoms with van der Waals surface area (Å²) in [6.07, 6.45) is 67.0. The Bertz CT molecular complexity index is 1250. The van der Waals surface area contributed by atoms with Crippen LogP contribution in [0.25, 0.3) is 0 Å². The summed E-state index contributed by atoms with van der Waals surface area (Å²) in [5.74, 6) is -0.915. The highest BCUT2D eigenvalue weighted by molar-refractivity contribution is 5.71. The number of carbonyl (C=O) groups is 3. The van der Waals surface area contributed by atoms with Crippen LogP contribution in [0.1, 0.15) is 245 Å². The summed E-state index contributed by atoms with van der Waals surface area (Å²) in [4.78, 5) is 38.0. The Morgan fingerprint density at radius 3 is 1.11 bits per heavy atom. The molecule has 1 unspecified atom stereocenters. The Hall–Kier alpha value is -3.41. The number of ether oxygens (including phenoxy) is 3. The van der Waals surface area contributed by atoms with Gasteiger partial charge in [0.1, 0.15) is 13.2 Å². The Morgan fingerprint density at radius 2 is 0.688 bits per heavy atom. The predicted octanol–water partition coefficient (Wildman–Crippen LogP) is 17.6. The molecule has 0 aliphatic rings. The van der Waals surface area contributed by atoms with Crippen molar-refractivity contribution in [3.63, 3.8) is 0 Å². The second-order valence-electron chi connectivity index (χ2n) is 17.4. The lowest BCUT2D eigenvalue weighted by Gasteiger charge is -2.18. The third-order valence-electron chi connectivity index (χ3n) is 11.2. The first-order valence-corrected chi connectivity index (χ1v) is 26.6. The van der Waals surface area contributed by atoms with Crippen molar-refractivity contribution in [1.29, 1.82) is 0 Å². The third kappa shape index (κ3) is 49.6. The van der Waals surface area contributed by atoms with Gasteiger partial charge in [-0.25, -0.2) is 0 Å². The number of esters is 3. The van der Waals surface area contributed by atoms with Crippen LogP contribution in [0.2, 0.25) is 0 Å². The molecular weight excluding hydrogens is 793 g/mol. The highest BCUT2D eigenvalue weighted by Gasteiger charge is 2.19. The van der Waals surface area contributed by atoms with Crippen molar-refractivity contribution in [2.24, 2.45) is 0 Å². The molecule has 0 aromatic heterocycles. The maximum atomic E-state index is 12.8. The van der Waals surface area contributed by atoms with E-state index in [1.54, 1.807) is 0 Å². The zero-order chi connectivity index (χ0) is 46.5. The molecule has 0 saturated heterocycles. The first-order chi connectivity index (χ1) is 31.5. The lowest BCUT2D eigenvalue weighted by molar-refractivity contribution is -0.167. The van der Waals surface area contributed by atoms with Crippen molar-refractivity contribution >= 4 is 17.9 Å². The largest absolute Gasteiger partial charge is 0.462 e. The SMILES string of the molecule is CC\C=C/C=C\C=C/CCCCCCCCCC(=O)OC(COC(=O)CCCCCCCCC/C=C\C/C=C\CC)COC(=O)CCCCCCCCC/C=C\C/C=C\CCCCC. The van der Waals surface area contributed by atoms with E-state index in [0.717, 1.165) is 103 Å². The minimum Gasteiger partial charge on any atom is -0.462 e. The second-order valence-corrected chi connectivity index (χ2v) is 17.4. The molecule has 1 atom stereocenters. The molecule has 0 aliphatic carbocycles. The van der Waals surface area contributed by atoms with Gasteiger partial charge in [-0.05, 0) is 96.3 Å². The quantitative estimate of drug-likeness (QED) is 0.0199. The fraction of sp³-hybridized carbons (Fsp3) is 0.707. The summed E-state index contributed by atoms with van der Waals surface area (Å²) in [6, 6.07) is 0. The summed E-state index contributed by atoms with van der Waals surface area (Å²) in [5, 5.41) is 0. The van der Waals surface area contributed by atoms with Crippen LogP contribution in [-0.2, 0) is 28.6 Å². The van der Waals surface area contributed by atoms with Crippen molar-refractivity contribution in [2.75, 3.05) is 13.2 Å². The van der Waals surface area contributed by atoms with Crippen molar-refractivity contribution < 1.29 is 28.6 Å². The number of allylic oxidation sites excluding steroid dienone is 14. The van der Waals surface area contributed by atoms with Crippen LogP contribution in [0, 0.1) is 0 Å². The Kier molecular flexibility index (Phi) is 49.4. The van der Waals surface area contributed by atoms with Gasteiger partial charge in [0, 0.05) is 19.3 Å². The molecular formula is C58H98O6. The van der Waals surface area contributed by atoms with Crippen LogP contribution in [-0.4, -0.2) is 37.2 Å². The lowest BCUT2D eigenvalue weighted by atomic mass is 10.1. The number of rotatable bonds is 47. The van der Waals surface area contributed by atoms with E-state index in [2.05, 4.69) is 106 Å².